The Balaban J connectivity index is 2.13. The molecule has 1 aliphatic heterocycles. The van der Waals surface area contributed by atoms with Gasteiger partial charge in [-0.15, -0.1) is 0 Å². The van der Waals surface area contributed by atoms with E-state index < -0.39 is 9.84 Å². The van der Waals surface area contributed by atoms with Gasteiger partial charge in [0.1, 0.15) is 5.75 Å². The number of methoxy groups -OCH3 is 1. The molecule has 16 heavy (non-hydrogen) atoms. The summed E-state index contributed by atoms with van der Waals surface area (Å²) in [6, 6.07) is 7.69. The first-order valence-corrected chi connectivity index (χ1v) is 7.02. The SMILES string of the molecule is COc1cccc(N2CCS(=O)(=O)CC2)c1. The molecule has 2 rings (SSSR count). The zero-order valence-electron chi connectivity index (χ0n) is 9.22. The van der Waals surface area contributed by atoms with Crippen molar-refractivity contribution >= 4 is 15.5 Å². The van der Waals surface area contributed by atoms with Crippen LogP contribution in [-0.2, 0) is 9.84 Å². The Labute approximate surface area is 95.7 Å². The van der Waals surface area contributed by atoms with Crippen LogP contribution in [0.2, 0.25) is 0 Å². The lowest BCUT2D eigenvalue weighted by atomic mass is 10.2. The first kappa shape index (κ1) is 11.3. The summed E-state index contributed by atoms with van der Waals surface area (Å²) >= 11 is 0. The molecule has 0 aromatic heterocycles. The highest BCUT2D eigenvalue weighted by Gasteiger charge is 2.21. The molecule has 0 unspecified atom stereocenters. The number of nitrogens with zero attached hydrogens (tertiary/aromatic N) is 1. The molecule has 0 atom stereocenters. The van der Waals surface area contributed by atoms with Crippen LogP contribution in [0, 0.1) is 0 Å². The van der Waals surface area contributed by atoms with E-state index in [-0.39, 0.29) is 11.5 Å². The topological polar surface area (TPSA) is 46.6 Å². The molecule has 1 aromatic rings. The number of rotatable bonds is 2. The second-order valence-corrected chi connectivity index (χ2v) is 6.14. The lowest BCUT2D eigenvalue weighted by Gasteiger charge is -2.28. The maximum atomic E-state index is 11.3. The molecule has 0 radical (unpaired) electrons. The van der Waals surface area contributed by atoms with Gasteiger partial charge in [-0.1, -0.05) is 6.07 Å². The van der Waals surface area contributed by atoms with Crippen molar-refractivity contribution in [3.63, 3.8) is 0 Å². The second-order valence-electron chi connectivity index (χ2n) is 3.84. The molecule has 0 spiro atoms. The smallest absolute Gasteiger partial charge is 0.153 e. The van der Waals surface area contributed by atoms with E-state index >= 15 is 0 Å². The van der Waals surface area contributed by atoms with Gasteiger partial charge >= 0.3 is 0 Å². The van der Waals surface area contributed by atoms with E-state index in [2.05, 4.69) is 4.90 Å². The Bertz CT molecular complexity index is 456. The largest absolute Gasteiger partial charge is 0.497 e. The molecular weight excluding hydrogens is 226 g/mol. The third-order valence-electron chi connectivity index (χ3n) is 2.76. The fourth-order valence-corrected chi connectivity index (χ4v) is 2.98. The average molecular weight is 241 g/mol. The summed E-state index contributed by atoms with van der Waals surface area (Å²) in [6.45, 7) is 1.13. The van der Waals surface area contributed by atoms with Crippen LogP contribution in [0.25, 0.3) is 0 Å². The van der Waals surface area contributed by atoms with Crippen molar-refractivity contribution in [1.82, 2.24) is 0 Å². The van der Waals surface area contributed by atoms with Gasteiger partial charge in [0, 0.05) is 24.8 Å². The zero-order valence-corrected chi connectivity index (χ0v) is 10.0. The summed E-state index contributed by atoms with van der Waals surface area (Å²) in [6.07, 6.45) is 0. The van der Waals surface area contributed by atoms with E-state index in [4.69, 9.17) is 4.74 Å². The van der Waals surface area contributed by atoms with Gasteiger partial charge in [0.05, 0.1) is 18.6 Å². The fourth-order valence-electron chi connectivity index (χ4n) is 1.78. The molecule has 1 aliphatic rings. The Kier molecular flexibility index (Phi) is 3.05. The van der Waals surface area contributed by atoms with Crippen molar-refractivity contribution in [1.29, 1.82) is 0 Å². The standard InChI is InChI=1S/C11H15NO3S/c1-15-11-4-2-3-10(9-11)12-5-7-16(13,14)8-6-12/h2-4,9H,5-8H2,1H3. The van der Waals surface area contributed by atoms with E-state index in [9.17, 15) is 8.42 Å². The average Bonchev–Trinajstić information content (AvgIpc) is 2.29. The van der Waals surface area contributed by atoms with Gasteiger partial charge in [0.2, 0.25) is 0 Å². The van der Waals surface area contributed by atoms with Crippen molar-refractivity contribution in [3.05, 3.63) is 24.3 Å². The molecule has 0 amide bonds. The molecule has 88 valence electrons. The summed E-state index contributed by atoms with van der Waals surface area (Å²) in [7, 11) is -1.19. The van der Waals surface area contributed by atoms with Gasteiger partial charge < -0.3 is 9.64 Å². The summed E-state index contributed by atoms with van der Waals surface area (Å²) in [5.41, 5.74) is 1.02. The van der Waals surface area contributed by atoms with Crippen molar-refractivity contribution < 1.29 is 13.2 Å². The van der Waals surface area contributed by atoms with E-state index in [1.807, 2.05) is 24.3 Å². The molecule has 1 heterocycles. The molecule has 5 heteroatoms. The number of hydrogen-bond acceptors (Lipinski definition) is 4. The first-order valence-electron chi connectivity index (χ1n) is 5.20. The van der Waals surface area contributed by atoms with Crippen LogP contribution in [0.3, 0.4) is 0 Å². The van der Waals surface area contributed by atoms with E-state index in [1.54, 1.807) is 7.11 Å². The Morgan fingerprint density at radius 3 is 2.56 bits per heavy atom. The van der Waals surface area contributed by atoms with Gasteiger partial charge in [-0.05, 0) is 12.1 Å². The van der Waals surface area contributed by atoms with Crippen LogP contribution in [0.4, 0.5) is 5.69 Å². The van der Waals surface area contributed by atoms with Crippen molar-refractivity contribution in [2.75, 3.05) is 36.6 Å². The molecule has 0 saturated carbocycles. The van der Waals surface area contributed by atoms with Gasteiger partial charge in [0.15, 0.2) is 9.84 Å². The highest BCUT2D eigenvalue weighted by molar-refractivity contribution is 7.91. The van der Waals surface area contributed by atoms with Crippen LogP contribution in [0.1, 0.15) is 0 Å². The van der Waals surface area contributed by atoms with Gasteiger partial charge in [-0.25, -0.2) is 8.42 Å². The van der Waals surface area contributed by atoms with E-state index in [0.29, 0.717) is 13.1 Å². The van der Waals surface area contributed by atoms with Crippen molar-refractivity contribution in [2.24, 2.45) is 0 Å². The zero-order chi connectivity index (χ0) is 11.6. The summed E-state index contributed by atoms with van der Waals surface area (Å²) in [5.74, 6) is 1.28. The monoisotopic (exact) mass is 241 g/mol. The molecule has 0 N–H and O–H groups in total. The van der Waals surface area contributed by atoms with Gasteiger partial charge in [-0.2, -0.15) is 0 Å². The quantitative estimate of drug-likeness (QED) is 0.773. The Hall–Kier alpha value is -1.23. The summed E-state index contributed by atoms with van der Waals surface area (Å²) < 4.78 is 27.7. The number of anilines is 1. The molecule has 0 bridgehead atoms. The maximum Gasteiger partial charge on any atom is 0.153 e. The number of hydrogen-bond donors (Lipinski definition) is 0. The van der Waals surface area contributed by atoms with Crippen LogP contribution in [0.5, 0.6) is 5.75 Å². The minimum Gasteiger partial charge on any atom is -0.497 e. The highest BCUT2D eigenvalue weighted by Crippen LogP contribution is 2.22. The second kappa shape index (κ2) is 4.33. The van der Waals surface area contributed by atoms with Gasteiger partial charge in [0.25, 0.3) is 0 Å². The van der Waals surface area contributed by atoms with Crippen LogP contribution < -0.4 is 9.64 Å². The minimum atomic E-state index is -2.81. The fraction of sp³-hybridized carbons (Fsp3) is 0.455. The Morgan fingerprint density at radius 2 is 1.94 bits per heavy atom. The number of sulfone groups is 1. The molecule has 4 nitrogen and oxygen atoms in total. The lowest BCUT2D eigenvalue weighted by Crippen LogP contribution is -2.40. The molecule has 0 aliphatic carbocycles. The summed E-state index contributed by atoms with van der Waals surface area (Å²) in [5, 5.41) is 0. The van der Waals surface area contributed by atoms with Gasteiger partial charge in [-0.3, -0.25) is 0 Å². The number of ether oxygens (including phenoxy) is 1. The van der Waals surface area contributed by atoms with Crippen LogP contribution in [-0.4, -0.2) is 40.1 Å². The van der Waals surface area contributed by atoms with Crippen molar-refractivity contribution in [2.45, 2.75) is 0 Å². The van der Waals surface area contributed by atoms with E-state index in [1.165, 1.54) is 0 Å². The first-order chi connectivity index (χ1) is 7.61. The Morgan fingerprint density at radius 1 is 1.25 bits per heavy atom. The molecule has 1 aromatic carbocycles. The molecule has 1 saturated heterocycles. The van der Waals surface area contributed by atoms with Crippen LogP contribution >= 0.6 is 0 Å². The third-order valence-corrected chi connectivity index (χ3v) is 4.37. The van der Waals surface area contributed by atoms with E-state index in [0.717, 1.165) is 11.4 Å². The normalized spacial score (nSPS) is 19.4. The number of benzene rings is 1. The third kappa shape index (κ3) is 2.47. The summed E-state index contributed by atoms with van der Waals surface area (Å²) in [4.78, 5) is 2.07. The predicted molar refractivity (Wildman–Crippen MR) is 63.9 cm³/mol. The van der Waals surface area contributed by atoms with Crippen molar-refractivity contribution in [3.8, 4) is 5.75 Å². The predicted octanol–water partition coefficient (Wildman–Crippen LogP) is 0.930. The highest BCUT2D eigenvalue weighted by atomic mass is 32.2. The lowest BCUT2D eigenvalue weighted by molar-refractivity contribution is 0.415. The van der Waals surface area contributed by atoms with Crippen LogP contribution in [0.15, 0.2) is 24.3 Å². The minimum absolute atomic E-state index is 0.240. The molecular formula is C11H15NO3S. The maximum absolute atomic E-state index is 11.3. The molecule has 1 fully saturated rings.